The fourth-order valence-corrected chi connectivity index (χ4v) is 5.88. The van der Waals surface area contributed by atoms with E-state index in [-0.39, 0.29) is 10.6 Å². The normalized spacial score (nSPS) is 22.1. The monoisotopic (exact) mass is 452 g/mol. The van der Waals surface area contributed by atoms with Gasteiger partial charge in [-0.15, -0.1) is 0 Å². The number of hydrogen-bond donors (Lipinski definition) is 1. The van der Waals surface area contributed by atoms with Crippen molar-refractivity contribution in [3.8, 4) is 0 Å². The second-order valence-electron chi connectivity index (χ2n) is 8.69. The Morgan fingerprint density at radius 2 is 1.65 bits per heavy atom. The average Bonchev–Trinajstić information content (AvgIpc) is 2.73. The third-order valence-electron chi connectivity index (χ3n) is 6.53. The van der Waals surface area contributed by atoms with Crippen LogP contribution < -0.4 is 9.62 Å². The zero-order chi connectivity index (χ0) is 22.2. The number of nitrogens with one attached hydrogen (secondary N) is 1. The number of sulfonamides is 1. The summed E-state index contributed by atoms with van der Waals surface area (Å²) in [6.07, 6.45) is 1.16. The number of piperidine rings is 1. The van der Waals surface area contributed by atoms with Crippen molar-refractivity contribution in [2.75, 3.05) is 22.7 Å². The molecule has 4 nitrogen and oxygen atoms in total. The number of nitrogens with zero attached hydrogens (tertiary/aromatic N) is 1. The van der Waals surface area contributed by atoms with E-state index in [1.807, 2.05) is 11.8 Å². The summed E-state index contributed by atoms with van der Waals surface area (Å²) in [4.78, 5) is 2.06. The van der Waals surface area contributed by atoms with Gasteiger partial charge in [0, 0.05) is 13.1 Å². The smallest absolute Gasteiger partial charge is 0.370 e. The Morgan fingerprint density at radius 3 is 2.32 bits per heavy atom. The lowest BCUT2D eigenvalue weighted by Gasteiger charge is -2.42. The van der Waals surface area contributed by atoms with E-state index in [9.17, 15) is 21.6 Å². The van der Waals surface area contributed by atoms with E-state index < -0.39 is 21.8 Å². The van der Waals surface area contributed by atoms with Crippen molar-refractivity contribution in [3.63, 3.8) is 0 Å². The topological polar surface area (TPSA) is 49.4 Å². The van der Waals surface area contributed by atoms with Gasteiger partial charge in [-0.05, 0) is 61.9 Å². The SMILES string of the molecule is Cc1ccc(S(=O)(=O)Nc2cc(C(F)(F)F)ccc2N2CCC3CCCCC3C2)cc1. The van der Waals surface area contributed by atoms with Crippen molar-refractivity contribution in [1.82, 2.24) is 0 Å². The number of anilines is 2. The lowest BCUT2D eigenvalue weighted by molar-refractivity contribution is -0.137. The average molecular weight is 453 g/mol. The van der Waals surface area contributed by atoms with Crippen LogP contribution in [0.25, 0.3) is 0 Å². The first-order valence-corrected chi connectivity index (χ1v) is 12.2. The second-order valence-corrected chi connectivity index (χ2v) is 10.4. The molecule has 0 radical (unpaired) electrons. The van der Waals surface area contributed by atoms with Gasteiger partial charge in [-0.3, -0.25) is 4.72 Å². The van der Waals surface area contributed by atoms with Crippen molar-refractivity contribution in [1.29, 1.82) is 0 Å². The predicted molar refractivity (Wildman–Crippen MR) is 116 cm³/mol. The molecule has 1 heterocycles. The summed E-state index contributed by atoms with van der Waals surface area (Å²) in [5, 5.41) is 0. The number of alkyl halides is 3. The quantitative estimate of drug-likeness (QED) is 0.635. The largest absolute Gasteiger partial charge is 0.416 e. The molecule has 8 heteroatoms. The van der Waals surface area contributed by atoms with E-state index in [0.29, 0.717) is 24.1 Å². The highest BCUT2D eigenvalue weighted by molar-refractivity contribution is 7.92. The highest BCUT2D eigenvalue weighted by Gasteiger charge is 2.35. The maximum atomic E-state index is 13.4. The van der Waals surface area contributed by atoms with E-state index in [4.69, 9.17) is 0 Å². The first-order chi connectivity index (χ1) is 14.6. The second kappa shape index (κ2) is 8.37. The highest BCUT2D eigenvalue weighted by atomic mass is 32.2. The summed E-state index contributed by atoms with van der Waals surface area (Å²) in [7, 11) is -4.02. The molecule has 2 fully saturated rings. The van der Waals surface area contributed by atoms with Gasteiger partial charge in [0.05, 0.1) is 21.8 Å². The molecule has 2 unspecified atom stereocenters. The Bertz CT molecular complexity index is 1040. The maximum absolute atomic E-state index is 13.4. The summed E-state index contributed by atoms with van der Waals surface area (Å²) in [5.41, 5.74) is 0.511. The van der Waals surface area contributed by atoms with Crippen LogP contribution in [0.2, 0.25) is 0 Å². The summed E-state index contributed by atoms with van der Waals surface area (Å²) in [6.45, 7) is 3.30. The van der Waals surface area contributed by atoms with Gasteiger partial charge < -0.3 is 4.90 Å². The zero-order valence-corrected chi connectivity index (χ0v) is 18.3. The van der Waals surface area contributed by atoms with E-state index >= 15 is 0 Å². The molecule has 4 rings (SSSR count). The van der Waals surface area contributed by atoms with Gasteiger partial charge in [0.15, 0.2) is 0 Å². The molecule has 0 bridgehead atoms. The van der Waals surface area contributed by atoms with Gasteiger partial charge in [0.1, 0.15) is 0 Å². The molecular weight excluding hydrogens is 425 g/mol. The minimum atomic E-state index is -4.56. The number of halogens is 3. The van der Waals surface area contributed by atoms with Crippen LogP contribution in [-0.4, -0.2) is 21.5 Å². The van der Waals surface area contributed by atoms with Gasteiger partial charge in [-0.1, -0.05) is 37.0 Å². The van der Waals surface area contributed by atoms with Gasteiger partial charge >= 0.3 is 6.18 Å². The van der Waals surface area contributed by atoms with Crippen molar-refractivity contribution >= 4 is 21.4 Å². The fraction of sp³-hybridized carbons (Fsp3) is 0.478. The van der Waals surface area contributed by atoms with Crippen LogP contribution in [-0.2, 0) is 16.2 Å². The molecule has 1 N–H and O–H groups in total. The van der Waals surface area contributed by atoms with Crippen LogP contribution in [0.3, 0.4) is 0 Å². The summed E-state index contributed by atoms with van der Waals surface area (Å²) >= 11 is 0. The van der Waals surface area contributed by atoms with E-state index in [2.05, 4.69) is 4.72 Å². The van der Waals surface area contributed by atoms with Crippen molar-refractivity contribution < 1.29 is 21.6 Å². The van der Waals surface area contributed by atoms with Crippen LogP contribution in [0.5, 0.6) is 0 Å². The maximum Gasteiger partial charge on any atom is 0.416 e. The molecule has 1 aliphatic carbocycles. The number of fused-ring (bicyclic) bond motifs is 1. The minimum Gasteiger partial charge on any atom is -0.370 e. The Labute approximate surface area is 181 Å². The molecule has 0 amide bonds. The van der Waals surface area contributed by atoms with Crippen LogP contribution in [0.15, 0.2) is 47.4 Å². The van der Waals surface area contributed by atoms with Gasteiger partial charge in [0.25, 0.3) is 10.0 Å². The number of aryl methyl sites for hydroxylation is 1. The van der Waals surface area contributed by atoms with Crippen LogP contribution in [0, 0.1) is 18.8 Å². The van der Waals surface area contributed by atoms with Crippen molar-refractivity contribution in [2.45, 2.75) is 50.1 Å². The number of benzene rings is 2. The molecule has 31 heavy (non-hydrogen) atoms. The van der Waals surface area contributed by atoms with E-state index in [1.54, 1.807) is 12.1 Å². The molecule has 0 aromatic heterocycles. The first-order valence-electron chi connectivity index (χ1n) is 10.7. The lowest BCUT2D eigenvalue weighted by atomic mass is 9.75. The predicted octanol–water partition coefficient (Wildman–Crippen LogP) is 5.83. The van der Waals surface area contributed by atoms with Crippen LogP contribution in [0.4, 0.5) is 24.5 Å². The Hall–Kier alpha value is -2.22. The molecule has 1 saturated carbocycles. The number of rotatable bonds is 4. The Kier molecular flexibility index (Phi) is 5.94. The Morgan fingerprint density at radius 1 is 0.968 bits per heavy atom. The zero-order valence-electron chi connectivity index (χ0n) is 17.5. The van der Waals surface area contributed by atoms with Gasteiger partial charge in [0.2, 0.25) is 0 Å². The summed E-state index contributed by atoms with van der Waals surface area (Å²) in [5.74, 6) is 1.17. The lowest BCUT2D eigenvalue weighted by Crippen LogP contribution is -2.42. The minimum absolute atomic E-state index is 0.0208. The summed E-state index contributed by atoms with van der Waals surface area (Å²) in [6, 6.07) is 9.58. The van der Waals surface area contributed by atoms with Crippen LogP contribution >= 0.6 is 0 Å². The van der Waals surface area contributed by atoms with Crippen molar-refractivity contribution in [3.05, 3.63) is 53.6 Å². The van der Waals surface area contributed by atoms with Gasteiger partial charge in [-0.25, -0.2) is 8.42 Å². The molecule has 1 aliphatic heterocycles. The molecule has 2 aromatic carbocycles. The van der Waals surface area contributed by atoms with Crippen molar-refractivity contribution in [2.24, 2.45) is 11.8 Å². The standard InChI is InChI=1S/C23H27F3N2O2S/c1-16-6-9-20(10-7-16)31(29,30)27-21-14-19(23(24,25)26)8-11-22(21)28-13-12-17-4-2-3-5-18(17)15-28/h6-11,14,17-18,27H,2-5,12-13,15H2,1H3. The summed E-state index contributed by atoms with van der Waals surface area (Å²) < 4.78 is 68.4. The van der Waals surface area contributed by atoms with E-state index in [0.717, 1.165) is 37.1 Å². The Balaban J connectivity index is 1.68. The van der Waals surface area contributed by atoms with E-state index in [1.165, 1.54) is 37.5 Å². The first kappa shape index (κ1) is 22.0. The molecule has 2 atom stereocenters. The molecule has 1 saturated heterocycles. The third-order valence-corrected chi connectivity index (χ3v) is 7.91. The molecule has 0 spiro atoms. The van der Waals surface area contributed by atoms with Crippen LogP contribution in [0.1, 0.15) is 43.2 Å². The van der Waals surface area contributed by atoms with Gasteiger partial charge in [-0.2, -0.15) is 13.2 Å². The third kappa shape index (κ3) is 4.84. The molecule has 2 aliphatic rings. The molecular formula is C23H27F3N2O2S. The molecule has 2 aromatic rings. The highest BCUT2D eigenvalue weighted by Crippen LogP contribution is 2.41. The number of hydrogen-bond acceptors (Lipinski definition) is 3. The molecule has 168 valence electrons. The fourth-order valence-electron chi connectivity index (χ4n) is 4.81.